The Balaban J connectivity index is 1.89. The van der Waals surface area contributed by atoms with E-state index in [-0.39, 0.29) is 24.1 Å². The predicted molar refractivity (Wildman–Crippen MR) is 87.2 cm³/mol. The highest BCUT2D eigenvalue weighted by atomic mass is 16.6. The lowest BCUT2D eigenvalue weighted by Gasteiger charge is -2.37. The lowest BCUT2D eigenvalue weighted by atomic mass is 9.96. The van der Waals surface area contributed by atoms with Gasteiger partial charge in [-0.15, -0.1) is 0 Å². The van der Waals surface area contributed by atoms with Crippen LogP contribution >= 0.6 is 0 Å². The van der Waals surface area contributed by atoms with E-state index in [0.717, 1.165) is 0 Å². The van der Waals surface area contributed by atoms with E-state index in [1.807, 2.05) is 45.9 Å². The summed E-state index contributed by atoms with van der Waals surface area (Å²) in [4.78, 5) is 25.9. The number of hydrogen-bond donors (Lipinski definition) is 0. The van der Waals surface area contributed by atoms with Gasteiger partial charge < -0.3 is 14.4 Å². The molecule has 1 aromatic rings. The van der Waals surface area contributed by atoms with Crippen LogP contribution in [0.2, 0.25) is 0 Å². The quantitative estimate of drug-likeness (QED) is 0.783. The first-order chi connectivity index (χ1) is 10.8. The van der Waals surface area contributed by atoms with E-state index in [1.165, 1.54) is 0 Å². The van der Waals surface area contributed by atoms with Crippen molar-refractivity contribution in [2.24, 2.45) is 5.92 Å². The molecule has 1 aromatic carbocycles. The summed E-state index contributed by atoms with van der Waals surface area (Å²) in [5.74, 6) is -0.239. The second-order valence-corrected chi connectivity index (χ2v) is 7.00. The predicted octanol–water partition coefficient (Wildman–Crippen LogP) is 3.49. The molecule has 0 unspecified atom stereocenters. The SMILES string of the molecule is C[C@@H]1CN(C(=O)OC(C)(C)C)CC[C@@H]1OC(=O)c1ccccc1. The lowest BCUT2D eigenvalue weighted by molar-refractivity contribution is -0.0216. The number of hydrogen-bond acceptors (Lipinski definition) is 4. The summed E-state index contributed by atoms with van der Waals surface area (Å²) in [6.45, 7) is 8.60. The number of likely N-dealkylation sites (tertiary alicyclic amines) is 1. The Morgan fingerprint density at radius 2 is 1.83 bits per heavy atom. The summed E-state index contributed by atoms with van der Waals surface area (Å²) >= 11 is 0. The Bertz CT molecular complexity index is 550. The molecule has 5 nitrogen and oxygen atoms in total. The second kappa shape index (κ2) is 7.02. The summed E-state index contributed by atoms with van der Waals surface area (Å²) in [5.41, 5.74) is 0.0472. The normalized spacial score (nSPS) is 21.7. The highest BCUT2D eigenvalue weighted by Crippen LogP contribution is 2.23. The molecular formula is C18H25NO4. The molecule has 1 fully saturated rings. The van der Waals surface area contributed by atoms with Crippen LogP contribution in [0.15, 0.2) is 30.3 Å². The zero-order chi connectivity index (χ0) is 17.0. The van der Waals surface area contributed by atoms with Gasteiger partial charge in [0.2, 0.25) is 0 Å². The zero-order valence-corrected chi connectivity index (χ0v) is 14.2. The highest BCUT2D eigenvalue weighted by molar-refractivity contribution is 5.89. The Hall–Kier alpha value is -2.04. The molecule has 0 aromatic heterocycles. The van der Waals surface area contributed by atoms with E-state index in [2.05, 4.69) is 0 Å². The molecule has 2 rings (SSSR count). The first-order valence-electron chi connectivity index (χ1n) is 8.00. The summed E-state index contributed by atoms with van der Waals surface area (Å²) in [5, 5.41) is 0. The van der Waals surface area contributed by atoms with Crippen LogP contribution in [0.4, 0.5) is 4.79 Å². The molecule has 126 valence electrons. The number of carbonyl (C=O) groups is 2. The summed E-state index contributed by atoms with van der Waals surface area (Å²) in [7, 11) is 0. The summed E-state index contributed by atoms with van der Waals surface area (Å²) in [6.07, 6.45) is 0.137. The second-order valence-electron chi connectivity index (χ2n) is 7.00. The van der Waals surface area contributed by atoms with Crippen molar-refractivity contribution in [2.45, 2.75) is 45.8 Å². The number of benzene rings is 1. The van der Waals surface area contributed by atoms with Gasteiger partial charge in [-0.1, -0.05) is 25.1 Å². The van der Waals surface area contributed by atoms with Gasteiger partial charge in [-0.25, -0.2) is 9.59 Å². The molecule has 0 radical (unpaired) electrons. The maximum Gasteiger partial charge on any atom is 0.410 e. The van der Waals surface area contributed by atoms with Gasteiger partial charge in [-0.2, -0.15) is 0 Å². The molecule has 1 saturated heterocycles. The van der Waals surface area contributed by atoms with Gasteiger partial charge in [0.15, 0.2) is 0 Å². The largest absolute Gasteiger partial charge is 0.458 e. The van der Waals surface area contributed by atoms with Crippen molar-refractivity contribution >= 4 is 12.1 Å². The van der Waals surface area contributed by atoms with Crippen LogP contribution in [0.1, 0.15) is 44.5 Å². The van der Waals surface area contributed by atoms with Crippen LogP contribution in [-0.4, -0.2) is 41.8 Å². The van der Waals surface area contributed by atoms with Crippen LogP contribution in [0.3, 0.4) is 0 Å². The maximum atomic E-state index is 12.1. The number of carbonyl (C=O) groups excluding carboxylic acids is 2. The minimum absolute atomic E-state index is 0.0731. The van der Waals surface area contributed by atoms with Crippen molar-refractivity contribution in [3.63, 3.8) is 0 Å². The van der Waals surface area contributed by atoms with Crippen molar-refractivity contribution in [3.05, 3.63) is 35.9 Å². The maximum absolute atomic E-state index is 12.1. The number of ether oxygens (including phenoxy) is 2. The Morgan fingerprint density at radius 1 is 1.17 bits per heavy atom. The average molecular weight is 319 g/mol. The summed E-state index contributed by atoms with van der Waals surface area (Å²) < 4.78 is 11.0. The molecule has 1 aliphatic heterocycles. The van der Waals surface area contributed by atoms with E-state index in [9.17, 15) is 9.59 Å². The van der Waals surface area contributed by atoms with Crippen molar-refractivity contribution in [2.75, 3.05) is 13.1 Å². The zero-order valence-electron chi connectivity index (χ0n) is 14.2. The van der Waals surface area contributed by atoms with Crippen molar-refractivity contribution < 1.29 is 19.1 Å². The van der Waals surface area contributed by atoms with Gasteiger partial charge in [0.05, 0.1) is 5.56 Å². The minimum atomic E-state index is -0.503. The van der Waals surface area contributed by atoms with Crippen molar-refractivity contribution in [1.82, 2.24) is 4.90 Å². The van der Waals surface area contributed by atoms with Gasteiger partial charge in [-0.05, 0) is 32.9 Å². The number of amides is 1. The molecule has 23 heavy (non-hydrogen) atoms. The first kappa shape index (κ1) is 17.3. The van der Waals surface area contributed by atoms with Gasteiger partial charge in [0.1, 0.15) is 11.7 Å². The number of esters is 1. The molecule has 0 bridgehead atoms. The van der Waals surface area contributed by atoms with Crippen LogP contribution in [0.5, 0.6) is 0 Å². The van der Waals surface area contributed by atoms with Gasteiger partial charge >= 0.3 is 12.1 Å². The number of rotatable bonds is 2. The molecule has 0 N–H and O–H groups in total. The fourth-order valence-corrected chi connectivity index (χ4v) is 2.57. The third-order valence-corrected chi connectivity index (χ3v) is 3.75. The minimum Gasteiger partial charge on any atom is -0.458 e. The molecule has 0 aliphatic carbocycles. The standard InChI is InChI=1S/C18H25NO4/c1-13-12-19(17(21)23-18(2,3)4)11-10-15(13)22-16(20)14-8-6-5-7-9-14/h5-9,13,15H,10-12H2,1-4H3/t13-,15+/m1/s1. The van der Waals surface area contributed by atoms with Crippen molar-refractivity contribution in [3.8, 4) is 0 Å². The third-order valence-electron chi connectivity index (χ3n) is 3.75. The number of piperidine rings is 1. The average Bonchev–Trinajstić information content (AvgIpc) is 2.48. The Labute approximate surface area is 137 Å². The topological polar surface area (TPSA) is 55.8 Å². The molecule has 5 heteroatoms. The molecule has 2 atom stereocenters. The van der Waals surface area contributed by atoms with Gasteiger partial charge in [-0.3, -0.25) is 0 Å². The van der Waals surface area contributed by atoms with E-state index >= 15 is 0 Å². The van der Waals surface area contributed by atoms with E-state index in [4.69, 9.17) is 9.47 Å². The van der Waals surface area contributed by atoms with Crippen LogP contribution in [0, 0.1) is 5.92 Å². The third kappa shape index (κ3) is 4.98. The van der Waals surface area contributed by atoms with Crippen LogP contribution in [-0.2, 0) is 9.47 Å². The fraction of sp³-hybridized carbons (Fsp3) is 0.556. The molecular weight excluding hydrogens is 294 g/mol. The van der Waals surface area contributed by atoms with Gasteiger partial charge in [0.25, 0.3) is 0 Å². The lowest BCUT2D eigenvalue weighted by Crippen LogP contribution is -2.48. The van der Waals surface area contributed by atoms with E-state index < -0.39 is 5.60 Å². The van der Waals surface area contributed by atoms with E-state index in [0.29, 0.717) is 25.1 Å². The molecule has 0 saturated carbocycles. The Kier molecular flexibility index (Phi) is 5.29. The molecule has 1 heterocycles. The monoisotopic (exact) mass is 319 g/mol. The number of nitrogens with zero attached hydrogens (tertiary/aromatic N) is 1. The smallest absolute Gasteiger partial charge is 0.410 e. The molecule has 1 amide bonds. The molecule has 1 aliphatic rings. The highest BCUT2D eigenvalue weighted by Gasteiger charge is 2.33. The van der Waals surface area contributed by atoms with Crippen LogP contribution in [0.25, 0.3) is 0 Å². The fourth-order valence-electron chi connectivity index (χ4n) is 2.57. The Morgan fingerprint density at radius 3 is 2.39 bits per heavy atom. The van der Waals surface area contributed by atoms with Crippen LogP contribution < -0.4 is 0 Å². The first-order valence-corrected chi connectivity index (χ1v) is 8.00. The summed E-state index contributed by atoms with van der Waals surface area (Å²) in [6, 6.07) is 8.96. The molecule has 0 spiro atoms. The van der Waals surface area contributed by atoms with E-state index in [1.54, 1.807) is 17.0 Å². The van der Waals surface area contributed by atoms with Crippen molar-refractivity contribution in [1.29, 1.82) is 0 Å². The van der Waals surface area contributed by atoms with Gasteiger partial charge in [0, 0.05) is 25.4 Å².